The maximum absolute atomic E-state index is 12.4. The zero-order valence-electron chi connectivity index (χ0n) is 16.0. The Kier molecular flexibility index (Phi) is 4.84. The Hall–Kier alpha value is -3.18. The quantitative estimate of drug-likeness (QED) is 0.420. The predicted molar refractivity (Wildman–Crippen MR) is 118 cm³/mol. The maximum Gasteiger partial charge on any atom is 0.323 e. The van der Waals surface area contributed by atoms with Crippen LogP contribution in [0.3, 0.4) is 0 Å². The van der Waals surface area contributed by atoms with Gasteiger partial charge in [-0.2, -0.15) is 0 Å². The van der Waals surface area contributed by atoms with Crippen LogP contribution in [-0.4, -0.2) is 11.0 Å². The molecule has 2 N–H and O–H groups in total. The number of aromatic nitrogens is 1. The zero-order chi connectivity index (χ0) is 19.7. The molecule has 5 heteroatoms. The van der Waals surface area contributed by atoms with E-state index in [0.717, 1.165) is 44.2 Å². The van der Waals surface area contributed by atoms with Gasteiger partial charge in [-0.1, -0.05) is 18.2 Å². The lowest BCUT2D eigenvalue weighted by atomic mass is 10.1. The zero-order valence-corrected chi connectivity index (χ0v) is 16.9. The summed E-state index contributed by atoms with van der Waals surface area (Å²) < 4.78 is 1.17. The van der Waals surface area contributed by atoms with Crippen molar-refractivity contribution in [1.82, 2.24) is 4.98 Å². The van der Waals surface area contributed by atoms with Crippen molar-refractivity contribution in [3.05, 3.63) is 77.4 Å². The summed E-state index contributed by atoms with van der Waals surface area (Å²) in [7, 11) is 0. The van der Waals surface area contributed by atoms with Crippen LogP contribution in [0.25, 0.3) is 20.8 Å². The van der Waals surface area contributed by atoms with Crippen molar-refractivity contribution < 1.29 is 4.79 Å². The minimum Gasteiger partial charge on any atom is -0.308 e. The molecule has 0 atom stereocenters. The van der Waals surface area contributed by atoms with Crippen LogP contribution in [0.2, 0.25) is 0 Å². The first-order valence-electron chi connectivity index (χ1n) is 9.11. The molecular formula is C23H21N3OS. The van der Waals surface area contributed by atoms with Crippen molar-refractivity contribution in [2.75, 3.05) is 10.6 Å². The first-order valence-corrected chi connectivity index (χ1v) is 9.92. The maximum atomic E-state index is 12.4. The van der Waals surface area contributed by atoms with E-state index in [4.69, 9.17) is 4.98 Å². The lowest BCUT2D eigenvalue weighted by molar-refractivity contribution is 0.262. The number of urea groups is 1. The van der Waals surface area contributed by atoms with Crippen LogP contribution in [0.5, 0.6) is 0 Å². The average Bonchev–Trinajstić information content (AvgIpc) is 3.06. The number of para-hydroxylation sites is 1. The van der Waals surface area contributed by atoms with Crippen molar-refractivity contribution in [3.63, 3.8) is 0 Å². The number of nitrogens with zero attached hydrogens (tertiary/aromatic N) is 1. The third-order valence-electron chi connectivity index (χ3n) is 4.49. The summed E-state index contributed by atoms with van der Waals surface area (Å²) in [5.41, 5.74) is 6.87. The molecule has 4 rings (SSSR count). The van der Waals surface area contributed by atoms with Gasteiger partial charge in [0.1, 0.15) is 5.01 Å². The number of carbonyl (C=O) groups is 1. The summed E-state index contributed by atoms with van der Waals surface area (Å²) in [6.07, 6.45) is 0. The van der Waals surface area contributed by atoms with E-state index in [1.807, 2.05) is 63.2 Å². The Morgan fingerprint density at radius 2 is 1.64 bits per heavy atom. The summed E-state index contributed by atoms with van der Waals surface area (Å²) in [5, 5.41) is 6.82. The molecule has 0 aliphatic carbocycles. The number of fused-ring (bicyclic) bond motifs is 1. The molecule has 1 aromatic heterocycles. The highest BCUT2D eigenvalue weighted by Gasteiger charge is 2.10. The lowest BCUT2D eigenvalue weighted by Crippen LogP contribution is -2.20. The number of aryl methyl sites for hydroxylation is 3. The number of amides is 2. The topological polar surface area (TPSA) is 54.0 Å². The number of rotatable bonds is 3. The predicted octanol–water partition coefficient (Wildman–Crippen LogP) is 6.53. The second-order valence-electron chi connectivity index (χ2n) is 6.97. The molecule has 140 valence electrons. The molecule has 28 heavy (non-hydrogen) atoms. The van der Waals surface area contributed by atoms with Gasteiger partial charge in [-0.05, 0) is 79.9 Å². The average molecular weight is 388 g/mol. The minimum absolute atomic E-state index is 0.249. The molecule has 4 nitrogen and oxygen atoms in total. The van der Waals surface area contributed by atoms with Gasteiger partial charge in [0.05, 0.1) is 10.2 Å². The van der Waals surface area contributed by atoms with Crippen molar-refractivity contribution in [2.24, 2.45) is 0 Å². The van der Waals surface area contributed by atoms with Crippen LogP contribution in [0, 0.1) is 20.8 Å². The number of hydrogen-bond acceptors (Lipinski definition) is 3. The fourth-order valence-electron chi connectivity index (χ4n) is 3.26. The molecule has 0 bridgehead atoms. The molecule has 0 unspecified atom stereocenters. The molecule has 4 aromatic rings. The second kappa shape index (κ2) is 7.44. The van der Waals surface area contributed by atoms with E-state index in [1.54, 1.807) is 11.3 Å². The van der Waals surface area contributed by atoms with E-state index in [2.05, 4.69) is 28.8 Å². The molecule has 0 spiro atoms. The van der Waals surface area contributed by atoms with Gasteiger partial charge in [0.15, 0.2) is 0 Å². The normalized spacial score (nSPS) is 10.8. The van der Waals surface area contributed by atoms with Crippen LogP contribution < -0.4 is 10.6 Å². The third kappa shape index (κ3) is 3.89. The monoisotopic (exact) mass is 387 g/mol. The first kappa shape index (κ1) is 18.2. The minimum atomic E-state index is -0.249. The molecule has 2 amide bonds. The number of carbonyl (C=O) groups excluding carboxylic acids is 1. The largest absolute Gasteiger partial charge is 0.323 e. The molecule has 0 aliphatic heterocycles. The van der Waals surface area contributed by atoms with E-state index in [1.165, 1.54) is 4.70 Å². The van der Waals surface area contributed by atoms with Gasteiger partial charge >= 0.3 is 6.03 Å². The second-order valence-corrected chi connectivity index (χ2v) is 8.00. The summed E-state index contributed by atoms with van der Waals surface area (Å²) in [4.78, 5) is 17.1. The van der Waals surface area contributed by atoms with E-state index in [-0.39, 0.29) is 6.03 Å². The highest BCUT2D eigenvalue weighted by molar-refractivity contribution is 7.21. The molecule has 0 radical (unpaired) electrons. The highest BCUT2D eigenvalue weighted by Crippen LogP contribution is 2.32. The first-order chi connectivity index (χ1) is 13.5. The Morgan fingerprint density at radius 3 is 2.36 bits per heavy atom. The van der Waals surface area contributed by atoms with Crippen molar-refractivity contribution in [1.29, 1.82) is 0 Å². The van der Waals surface area contributed by atoms with Gasteiger partial charge in [0.25, 0.3) is 0 Å². The summed E-state index contributed by atoms with van der Waals surface area (Å²) in [6.45, 7) is 6.02. The van der Waals surface area contributed by atoms with Crippen LogP contribution in [-0.2, 0) is 0 Å². The summed E-state index contributed by atoms with van der Waals surface area (Å²) in [6, 6.07) is 19.8. The van der Waals surface area contributed by atoms with Gasteiger partial charge in [0, 0.05) is 16.9 Å². The molecule has 1 heterocycles. The smallest absolute Gasteiger partial charge is 0.308 e. The summed E-state index contributed by atoms with van der Waals surface area (Å²) >= 11 is 1.67. The van der Waals surface area contributed by atoms with Gasteiger partial charge in [-0.25, -0.2) is 9.78 Å². The van der Waals surface area contributed by atoms with Crippen LogP contribution in [0.4, 0.5) is 16.2 Å². The lowest BCUT2D eigenvalue weighted by Gasteiger charge is -2.12. The van der Waals surface area contributed by atoms with Crippen molar-refractivity contribution in [2.45, 2.75) is 20.8 Å². The molecule has 0 saturated carbocycles. The van der Waals surface area contributed by atoms with E-state index in [9.17, 15) is 4.79 Å². The van der Waals surface area contributed by atoms with Crippen LogP contribution in [0.15, 0.2) is 60.7 Å². The van der Waals surface area contributed by atoms with Gasteiger partial charge in [-0.3, -0.25) is 0 Å². The Morgan fingerprint density at radius 1 is 0.893 bits per heavy atom. The fraction of sp³-hybridized carbons (Fsp3) is 0.130. The molecule has 0 saturated heterocycles. The molecule has 3 aromatic carbocycles. The van der Waals surface area contributed by atoms with Crippen LogP contribution >= 0.6 is 11.3 Å². The van der Waals surface area contributed by atoms with E-state index in [0.29, 0.717) is 0 Å². The number of thiazole rings is 1. The van der Waals surface area contributed by atoms with Gasteiger partial charge in [0.2, 0.25) is 0 Å². The van der Waals surface area contributed by atoms with E-state index >= 15 is 0 Å². The number of hydrogen-bond donors (Lipinski definition) is 2. The standard InChI is InChI=1S/C23H21N3OS/c1-14-10-15(2)12-18(11-14)24-23(27)26-19-9-8-17(13-16(19)3)22-25-20-6-4-5-7-21(20)28-22/h4-13H,1-3H3,(H2,24,26,27). The number of anilines is 2. The van der Waals surface area contributed by atoms with Crippen LogP contribution in [0.1, 0.15) is 16.7 Å². The van der Waals surface area contributed by atoms with E-state index < -0.39 is 0 Å². The van der Waals surface area contributed by atoms with Gasteiger partial charge < -0.3 is 10.6 Å². The Bertz CT molecular complexity index is 1130. The number of nitrogens with one attached hydrogen (secondary N) is 2. The summed E-state index contributed by atoms with van der Waals surface area (Å²) in [5.74, 6) is 0. The van der Waals surface area contributed by atoms with Crippen molar-refractivity contribution in [3.8, 4) is 10.6 Å². The SMILES string of the molecule is Cc1cc(C)cc(NC(=O)Nc2ccc(-c3nc4ccccc4s3)cc2C)c1. The van der Waals surface area contributed by atoms with Crippen molar-refractivity contribution >= 4 is 39.0 Å². The molecule has 0 aliphatic rings. The Labute approximate surface area is 168 Å². The molecule has 0 fully saturated rings. The third-order valence-corrected chi connectivity index (χ3v) is 5.58. The van der Waals surface area contributed by atoms with Gasteiger partial charge in [-0.15, -0.1) is 11.3 Å². The molecular weight excluding hydrogens is 366 g/mol. The number of benzene rings is 3. The fourth-order valence-corrected chi connectivity index (χ4v) is 4.23. The highest BCUT2D eigenvalue weighted by atomic mass is 32.1. The Balaban J connectivity index is 1.52.